The van der Waals surface area contributed by atoms with E-state index in [9.17, 15) is 8.42 Å². The Morgan fingerprint density at radius 3 is 2.20 bits per heavy atom. The molecule has 20 heavy (non-hydrogen) atoms. The summed E-state index contributed by atoms with van der Waals surface area (Å²) in [4.78, 5) is 0. The molecule has 0 bridgehead atoms. The van der Waals surface area contributed by atoms with E-state index in [0.29, 0.717) is 5.75 Å². The Balaban J connectivity index is 2.50. The third kappa shape index (κ3) is 7.06. The summed E-state index contributed by atoms with van der Waals surface area (Å²) in [6, 6.07) is 7.89. The van der Waals surface area contributed by atoms with Crippen LogP contribution in [-0.2, 0) is 22.0 Å². The summed E-state index contributed by atoms with van der Waals surface area (Å²) in [5.41, 5.74) is 7.77. The third-order valence-electron chi connectivity index (χ3n) is 3.28. The standard InChI is InChI=1S/C16H27NO2S/c1-3-4-5-6-11-20(18,19)13-16-9-7-15(8-10-16)12-14(2)17/h7-10,14H,3-6,11-13,17H2,1-2H3. The largest absolute Gasteiger partial charge is 0.328 e. The summed E-state index contributed by atoms with van der Waals surface area (Å²) in [5.74, 6) is 0.451. The van der Waals surface area contributed by atoms with Crippen LogP contribution in [0.3, 0.4) is 0 Å². The molecule has 0 amide bonds. The summed E-state index contributed by atoms with van der Waals surface area (Å²) in [5, 5.41) is 0. The number of rotatable bonds is 9. The van der Waals surface area contributed by atoms with Gasteiger partial charge in [0.2, 0.25) is 0 Å². The maximum absolute atomic E-state index is 12.0. The summed E-state index contributed by atoms with van der Waals surface area (Å²) in [7, 11) is -2.98. The molecule has 0 radical (unpaired) electrons. The number of sulfone groups is 1. The van der Waals surface area contributed by atoms with Crippen molar-refractivity contribution in [2.75, 3.05) is 5.75 Å². The van der Waals surface area contributed by atoms with Crippen LogP contribution in [0, 0.1) is 0 Å². The fourth-order valence-electron chi connectivity index (χ4n) is 2.22. The molecule has 0 aliphatic heterocycles. The molecule has 0 fully saturated rings. The molecule has 0 heterocycles. The second kappa shape index (κ2) is 8.42. The first-order valence-electron chi connectivity index (χ1n) is 7.47. The zero-order valence-electron chi connectivity index (χ0n) is 12.6. The Hall–Kier alpha value is -0.870. The topological polar surface area (TPSA) is 60.2 Å². The van der Waals surface area contributed by atoms with Crippen molar-refractivity contribution in [1.82, 2.24) is 0 Å². The summed E-state index contributed by atoms with van der Waals surface area (Å²) in [6.45, 7) is 4.09. The zero-order chi connectivity index (χ0) is 15.0. The molecule has 1 aromatic carbocycles. The van der Waals surface area contributed by atoms with Crippen molar-refractivity contribution in [3.63, 3.8) is 0 Å². The van der Waals surface area contributed by atoms with E-state index in [1.54, 1.807) is 0 Å². The van der Waals surface area contributed by atoms with E-state index in [4.69, 9.17) is 5.73 Å². The molecule has 4 heteroatoms. The second-order valence-corrected chi connectivity index (χ2v) is 7.83. The Kier molecular flexibility index (Phi) is 7.24. The van der Waals surface area contributed by atoms with Gasteiger partial charge in [0, 0.05) is 6.04 Å². The molecule has 114 valence electrons. The van der Waals surface area contributed by atoms with E-state index in [1.165, 1.54) is 0 Å². The summed E-state index contributed by atoms with van der Waals surface area (Å²) >= 11 is 0. The van der Waals surface area contributed by atoms with Crippen LogP contribution in [-0.4, -0.2) is 20.2 Å². The van der Waals surface area contributed by atoms with Crippen molar-refractivity contribution >= 4 is 9.84 Å². The molecular formula is C16H27NO2S. The molecule has 3 nitrogen and oxygen atoms in total. The second-order valence-electron chi connectivity index (χ2n) is 5.65. The molecule has 0 saturated heterocycles. The maximum Gasteiger partial charge on any atom is 0.154 e. The van der Waals surface area contributed by atoms with Gasteiger partial charge < -0.3 is 5.73 Å². The van der Waals surface area contributed by atoms with E-state index in [1.807, 2.05) is 31.2 Å². The Morgan fingerprint density at radius 1 is 1.05 bits per heavy atom. The number of benzene rings is 1. The number of hydrogen-bond acceptors (Lipinski definition) is 3. The van der Waals surface area contributed by atoms with Crippen LogP contribution in [0.1, 0.15) is 50.7 Å². The lowest BCUT2D eigenvalue weighted by Gasteiger charge is -2.07. The summed E-state index contributed by atoms with van der Waals surface area (Å²) < 4.78 is 24.0. The minimum Gasteiger partial charge on any atom is -0.328 e. The van der Waals surface area contributed by atoms with Gasteiger partial charge in [-0.25, -0.2) is 8.42 Å². The van der Waals surface area contributed by atoms with Crippen LogP contribution in [0.4, 0.5) is 0 Å². The first-order valence-corrected chi connectivity index (χ1v) is 9.29. The molecule has 0 saturated carbocycles. The van der Waals surface area contributed by atoms with E-state index >= 15 is 0 Å². The molecule has 0 spiro atoms. The lowest BCUT2D eigenvalue weighted by molar-refractivity contribution is 0.588. The quantitative estimate of drug-likeness (QED) is 0.713. The lowest BCUT2D eigenvalue weighted by atomic mass is 10.1. The van der Waals surface area contributed by atoms with Crippen LogP contribution in [0.25, 0.3) is 0 Å². The van der Waals surface area contributed by atoms with Crippen molar-refractivity contribution in [3.05, 3.63) is 35.4 Å². The minimum absolute atomic E-state index is 0.128. The Bertz CT molecular complexity index is 478. The van der Waals surface area contributed by atoms with E-state index < -0.39 is 9.84 Å². The predicted octanol–water partition coefficient (Wildman–Crippen LogP) is 3.07. The lowest BCUT2D eigenvalue weighted by Crippen LogP contribution is -2.17. The normalized spacial score (nSPS) is 13.3. The fourth-order valence-corrected chi connectivity index (χ4v) is 3.71. The van der Waals surface area contributed by atoms with Gasteiger partial charge in [0.05, 0.1) is 11.5 Å². The van der Waals surface area contributed by atoms with Gasteiger partial charge in [-0.3, -0.25) is 0 Å². The van der Waals surface area contributed by atoms with E-state index in [2.05, 4.69) is 6.92 Å². The van der Waals surface area contributed by atoms with Crippen molar-refractivity contribution in [2.24, 2.45) is 5.73 Å². The van der Waals surface area contributed by atoms with Crippen molar-refractivity contribution in [3.8, 4) is 0 Å². The average molecular weight is 297 g/mol. The van der Waals surface area contributed by atoms with Gasteiger partial charge in [0.1, 0.15) is 0 Å². The predicted molar refractivity (Wildman–Crippen MR) is 85.4 cm³/mol. The first kappa shape index (κ1) is 17.2. The maximum atomic E-state index is 12.0. The van der Waals surface area contributed by atoms with E-state index in [-0.39, 0.29) is 11.8 Å². The number of unbranched alkanes of at least 4 members (excludes halogenated alkanes) is 3. The van der Waals surface area contributed by atoms with Crippen LogP contribution >= 0.6 is 0 Å². The Morgan fingerprint density at radius 2 is 1.65 bits per heavy atom. The minimum atomic E-state index is -2.98. The van der Waals surface area contributed by atoms with Crippen LogP contribution in [0.5, 0.6) is 0 Å². The molecule has 1 rings (SSSR count). The van der Waals surface area contributed by atoms with Gasteiger partial charge in [-0.05, 0) is 30.9 Å². The highest BCUT2D eigenvalue weighted by molar-refractivity contribution is 7.90. The molecule has 0 aliphatic rings. The molecule has 0 aliphatic carbocycles. The van der Waals surface area contributed by atoms with Gasteiger partial charge in [-0.2, -0.15) is 0 Å². The van der Waals surface area contributed by atoms with Crippen molar-refractivity contribution in [1.29, 1.82) is 0 Å². The highest BCUT2D eigenvalue weighted by Crippen LogP contribution is 2.12. The van der Waals surface area contributed by atoms with Crippen molar-refractivity contribution < 1.29 is 8.42 Å². The van der Waals surface area contributed by atoms with Crippen LogP contribution in [0.2, 0.25) is 0 Å². The smallest absolute Gasteiger partial charge is 0.154 e. The molecule has 2 N–H and O–H groups in total. The van der Waals surface area contributed by atoms with Gasteiger partial charge in [0.15, 0.2) is 9.84 Å². The molecule has 1 atom stereocenters. The monoisotopic (exact) mass is 297 g/mol. The highest BCUT2D eigenvalue weighted by atomic mass is 32.2. The highest BCUT2D eigenvalue weighted by Gasteiger charge is 2.11. The number of hydrogen-bond donors (Lipinski definition) is 1. The Labute approximate surface area is 123 Å². The van der Waals surface area contributed by atoms with Crippen molar-refractivity contribution in [2.45, 2.75) is 57.7 Å². The molecule has 0 aromatic heterocycles. The molecular weight excluding hydrogens is 270 g/mol. The van der Waals surface area contributed by atoms with Gasteiger partial charge in [-0.15, -0.1) is 0 Å². The van der Waals surface area contributed by atoms with Crippen LogP contribution < -0.4 is 5.73 Å². The average Bonchev–Trinajstić information content (AvgIpc) is 2.36. The van der Waals surface area contributed by atoms with Crippen LogP contribution in [0.15, 0.2) is 24.3 Å². The van der Waals surface area contributed by atoms with Gasteiger partial charge in [-0.1, -0.05) is 50.5 Å². The number of nitrogens with two attached hydrogens (primary N) is 1. The molecule has 1 unspecified atom stereocenters. The third-order valence-corrected chi connectivity index (χ3v) is 4.96. The fraction of sp³-hybridized carbons (Fsp3) is 0.625. The van der Waals surface area contributed by atoms with Gasteiger partial charge >= 0.3 is 0 Å². The first-order chi connectivity index (χ1) is 9.43. The SMILES string of the molecule is CCCCCCS(=O)(=O)Cc1ccc(CC(C)N)cc1. The summed E-state index contributed by atoms with van der Waals surface area (Å²) in [6.07, 6.45) is 4.84. The van der Waals surface area contributed by atoms with E-state index in [0.717, 1.165) is 43.2 Å². The molecule has 1 aromatic rings. The zero-order valence-corrected chi connectivity index (χ0v) is 13.5. The van der Waals surface area contributed by atoms with Gasteiger partial charge in [0.25, 0.3) is 0 Å².